The largest absolute Gasteiger partial charge is 0.511 e. The number of para-hydroxylation sites is 1. The van der Waals surface area contributed by atoms with Gasteiger partial charge in [-0.15, -0.1) is 0 Å². The Morgan fingerprint density at radius 3 is 2.40 bits per heavy atom. The smallest absolute Gasteiger partial charge is 0.371 e. The van der Waals surface area contributed by atoms with E-state index in [4.69, 9.17) is 0 Å². The average Bonchev–Trinajstić information content (AvgIpc) is 3.20. The monoisotopic (exact) mass is 447 g/mol. The molecule has 0 radical (unpaired) electrons. The second kappa shape index (κ2) is 9.42. The number of hydrogen-bond donors (Lipinski definition) is 2. The highest BCUT2D eigenvalue weighted by atomic mass is 32.2. The molecule has 2 fully saturated rings. The zero-order valence-electron chi connectivity index (χ0n) is 16.9. The van der Waals surface area contributed by atoms with Crippen molar-refractivity contribution in [2.45, 2.75) is 30.8 Å². The first kappa shape index (κ1) is 22.7. The SMILES string of the molecule is CN=C(NCC1CCN(c2ccccc2)C1)NC1CCN(S(=O)(=O)C(F)(F)F)CC1. The molecule has 1 aromatic rings. The Bertz CT molecular complexity index is 824. The number of alkyl halides is 3. The van der Waals surface area contributed by atoms with Crippen molar-refractivity contribution in [2.24, 2.45) is 10.9 Å². The summed E-state index contributed by atoms with van der Waals surface area (Å²) in [6, 6.07) is 10.1. The number of nitrogens with one attached hydrogen (secondary N) is 2. The maximum Gasteiger partial charge on any atom is 0.511 e. The molecule has 0 aliphatic carbocycles. The van der Waals surface area contributed by atoms with E-state index in [-0.39, 0.29) is 19.1 Å². The van der Waals surface area contributed by atoms with E-state index in [1.54, 1.807) is 7.05 Å². The normalized spacial score (nSPS) is 22.3. The summed E-state index contributed by atoms with van der Waals surface area (Å²) in [5, 5.41) is 6.50. The lowest BCUT2D eigenvalue weighted by atomic mass is 10.1. The van der Waals surface area contributed by atoms with Gasteiger partial charge in [0.1, 0.15) is 0 Å². The summed E-state index contributed by atoms with van der Waals surface area (Å²) in [5.74, 6) is 1.05. The third kappa shape index (κ3) is 5.37. The van der Waals surface area contributed by atoms with E-state index in [9.17, 15) is 21.6 Å². The number of hydrogen-bond acceptors (Lipinski definition) is 4. The van der Waals surface area contributed by atoms with Gasteiger partial charge in [-0.25, -0.2) is 8.42 Å². The number of guanidine groups is 1. The van der Waals surface area contributed by atoms with Crippen LogP contribution in [0.25, 0.3) is 0 Å². The van der Waals surface area contributed by atoms with Crippen LogP contribution < -0.4 is 15.5 Å². The molecule has 1 aromatic carbocycles. The summed E-state index contributed by atoms with van der Waals surface area (Å²) in [4.78, 5) is 6.54. The zero-order valence-corrected chi connectivity index (χ0v) is 17.7. The van der Waals surface area contributed by atoms with Crippen molar-refractivity contribution in [3.05, 3.63) is 30.3 Å². The van der Waals surface area contributed by atoms with Crippen molar-refractivity contribution in [1.82, 2.24) is 14.9 Å². The molecule has 0 bridgehead atoms. The van der Waals surface area contributed by atoms with Crippen LogP contribution >= 0.6 is 0 Å². The Hall–Kier alpha value is -2.01. The third-order valence-electron chi connectivity index (χ3n) is 5.62. The van der Waals surface area contributed by atoms with Crippen LogP contribution in [-0.2, 0) is 10.0 Å². The Morgan fingerprint density at radius 1 is 1.13 bits per heavy atom. The molecule has 30 heavy (non-hydrogen) atoms. The number of benzene rings is 1. The standard InChI is InChI=1S/C19H28F3N5O2S/c1-23-18(24-13-15-7-10-26(14-15)17-5-3-2-4-6-17)25-16-8-11-27(12-9-16)30(28,29)19(20,21)22/h2-6,15-16H,7-14H2,1H3,(H2,23,24,25). The molecule has 2 aliphatic heterocycles. The summed E-state index contributed by atoms with van der Waals surface area (Å²) >= 11 is 0. The minimum Gasteiger partial charge on any atom is -0.371 e. The molecular formula is C19H28F3N5O2S. The van der Waals surface area contributed by atoms with Crippen molar-refractivity contribution >= 4 is 21.7 Å². The summed E-state index contributed by atoms with van der Waals surface area (Å²) in [5.41, 5.74) is -4.04. The number of aliphatic imine (C=N–C) groups is 1. The molecule has 2 N–H and O–H groups in total. The van der Waals surface area contributed by atoms with Gasteiger partial charge < -0.3 is 15.5 Å². The van der Waals surface area contributed by atoms with Gasteiger partial charge in [0, 0.05) is 51.5 Å². The predicted molar refractivity (Wildman–Crippen MR) is 111 cm³/mol. The first-order valence-electron chi connectivity index (χ1n) is 10.0. The van der Waals surface area contributed by atoms with Crippen LogP contribution in [0.15, 0.2) is 35.3 Å². The van der Waals surface area contributed by atoms with Gasteiger partial charge in [0.05, 0.1) is 0 Å². The molecule has 0 spiro atoms. The highest BCUT2D eigenvalue weighted by Crippen LogP contribution is 2.29. The average molecular weight is 448 g/mol. The van der Waals surface area contributed by atoms with Crippen LogP contribution in [0.1, 0.15) is 19.3 Å². The van der Waals surface area contributed by atoms with Crippen molar-refractivity contribution in [1.29, 1.82) is 0 Å². The lowest BCUT2D eigenvalue weighted by Gasteiger charge is -2.32. The first-order valence-corrected chi connectivity index (χ1v) is 11.5. The van der Waals surface area contributed by atoms with Gasteiger partial charge in [-0.2, -0.15) is 17.5 Å². The molecule has 2 saturated heterocycles. The van der Waals surface area contributed by atoms with Crippen LogP contribution in [-0.4, -0.2) is 70.0 Å². The van der Waals surface area contributed by atoms with Crippen molar-refractivity contribution in [3.8, 4) is 0 Å². The zero-order chi connectivity index (χ0) is 21.8. The molecule has 168 valence electrons. The lowest BCUT2D eigenvalue weighted by Crippen LogP contribution is -2.52. The second-order valence-corrected chi connectivity index (χ2v) is 9.59. The number of piperidine rings is 1. The van der Waals surface area contributed by atoms with Gasteiger partial charge in [-0.3, -0.25) is 4.99 Å². The van der Waals surface area contributed by atoms with Crippen LogP contribution in [0.4, 0.5) is 18.9 Å². The van der Waals surface area contributed by atoms with Crippen LogP contribution in [0.3, 0.4) is 0 Å². The minimum absolute atomic E-state index is 0.125. The molecule has 2 aliphatic rings. The topological polar surface area (TPSA) is 77.0 Å². The first-order chi connectivity index (χ1) is 14.2. The van der Waals surface area contributed by atoms with Crippen LogP contribution in [0, 0.1) is 5.92 Å². The predicted octanol–water partition coefficient (Wildman–Crippen LogP) is 1.99. The van der Waals surface area contributed by atoms with Crippen molar-refractivity contribution in [2.75, 3.05) is 44.7 Å². The van der Waals surface area contributed by atoms with Crippen molar-refractivity contribution in [3.63, 3.8) is 0 Å². The molecule has 0 saturated carbocycles. The molecule has 2 heterocycles. The molecule has 7 nitrogen and oxygen atoms in total. The number of anilines is 1. The Kier molecular flexibility index (Phi) is 7.12. The maximum absolute atomic E-state index is 12.7. The summed E-state index contributed by atoms with van der Waals surface area (Å²) in [6.07, 6.45) is 1.65. The summed E-state index contributed by atoms with van der Waals surface area (Å²) < 4.78 is 61.6. The van der Waals surface area contributed by atoms with E-state index in [1.807, 2.05) is 18.2 Å². The minimum atomic E-state index is -5.25. The Morgan fingerprint density at radius 2 is 1.80 bits per heavy atom. The van der Waals surface area contributed by atoms with Gasteiger partial charge in [-0.05, 0) is 37.3 Å². The molecule has 11 heteroatoms. The molecule has 1 unspecified atom stereocenters. The van der Waals surface area contributed by atoms with E-state index in [2.05, 4.69) is 32.7 Å². The fourth-order valence-corrected chi connectivity index (χ4v) is 4.87. The van der Waals surface area contributed by atoms with E-state index < -0.39 is 15.5 Å². The molecule has 0 aromatic heterocycles. The molecule has 0 amide bonds. The fourth-order valence-electron chi connectivity index (χ4n) is 3.89. The lowest BCUT2D eigenvalue weighted by molar-refractivity contribution is -0.0494. The number of nitrogens with zero attached hydrogens (tertiary/aromatic N) is 3. The molecular weight excluding hydrogens is 419 g/mol. The number of sulfonamides is 1. The summed E-state index contributed by atoms with van der Waals surface area (Å²) in [6.45, 7) is 2.36. The number of halogens is 3. The van der Waals surface area contributed by atoms with Gasteiger partial charge in [-0.1, -0.05) is 18.2 Å². The van der Waals surface area contributed by atoms with Gasteiger partial charge in [0.25, 0.3) is 0 Å². The fraction of sp³-hybridized carbons (Fsp3) is 0.632. The van der Waals surface area contributed by atoms with E-state index in [0.29, 0.717) is 29.0 Å². The van der Waals surface area contributed by atoms with E-state index in [1.165, 1.54) is 5.69 Å². The molecule has 1 atom stereocenters. The Balaban J connectivity index is 1.43. The van der Waals surface area contributed by atoms with Crippen molar-refractivity contribution < 1.29 is 21.6 Å². The summed E-state index contributed by atoms with van der Waals surface area (Å²) in [7, 11) is -3.61. The highest BCUT2D eigenvalue weighted by Gasteiger charge is 2.50. The number of rotatable bonds is 5. The highest BCUT2D eigenvalue weighted by molar-refractivity contribution is 7.90. The van der Waals surface area contributed by atoms with Crippen LogP contribution in [0.5, 0.6) is 0 Å². The van der Waals surface area contributed by atoms with E-state index >= 15 is 0 Å². The van der Waals surface area contributed by atoms with Crippen LogP contribution in [0.2, 0.25) is 0 Å². The van der Waals surface area contributed by atoms with E-state index in [0.717, 1.165) is 26.1 Å². The second-order valence-electron chi connectivity index (χ2n) is 7.66. The van der Waals surface area contributed by atoms with Gasteiger partial charge >= 0.3 is 15.5 Å². The Labute approximate surface area is 175 Å². The van der Waals surface area contributed by atoms with Gasteiger partial charge in [0.15, 0.2) is 5.96 Å². The maximum atomic E-state index is 12.7. The third-order valence-corrected chi connectivity index (χ3v) is 7.25. The van der Waals surface area contributed by atoms with Gasteiger partial charge in [0.2, 0.25) is 0 Å². The quantitative estimate of drug-likeness (QED) is 0.533. The molecule has 3 rings (SSSR count).